The summed E-state index contributed by atoms with van der Waals surface area (Å²) in [6.07, 6.45) is 0.476. The molecule has 0 aliphatic carbocycles. The van der Waals surface area contributed by atoms with Gasteiger partial charge in [0.1, 0.15) is 5.82 Å². The molecule has 0 radical (unpaired) electrons. The van der Waals surface area contributed by atoms with Gasteiger partial charge in [0, 0.05) is 55.1 Å². The number of ether oxygens (including phenoxy) is 1. The normalized spacial score (nSPS) is 21.4. The molecular formula is C29H33ClF2N6O4. The SMILES string of the molecule is Cc1cc(Nc2nc(C[C@@]3(C(=O)O)CCN(Cc4cccc(Cl)c4F)[C@H](C)C3)cc(C(=O)N3CCOCC3)c2F)n[nH]1. The number of carbonyl (C=O) groups is 2. The van der Waals surface area contributed by atoms with Crippen LogP contribution in [0.15, 0.2) is 30.3 Å². The first kappa shape index (κ1) is 29.9. The molecule has 2 aliphatic rings. The third kappa shape index (κ3) is 6.25. The van der Waals surface area contributed by atoms with E-state index in [1.165, 1.54) is 17.0 Å². The van der Waals surface area contributed by atoms with Crippen LogP contribution < -0.4 is 5.32 Å². The molecule has 0 saturated carbocycles. The molecule has 0 spiro atoms. The monoisotopic (exact) mass is 602 g/mol. The smallest absolute Gasteiger partial charge is 0.310 e. The molecular weight excluding hydrogens is 570 g/mol. The van der Waals surface area contributed by atoms with E-state index in [0.717, 1.165) is 5.69 Å². The number of benzene rings is 1. The largest absolute Gasteiger partial charge is 0.481 e. The molecule has 2 aromatic heterocycles. The average molecular weight is 603 g/mol. The Morgan fingerprint density at radius 2 is 1.98 bits per heavy atom. The molecule has 0 unspecified atom stereocenters. The van der Waals surface area contributed by atoms with Crippen molar-refractivity contribution in [1.29, 1.82) is 0 Å². The highest BCUT2D eigenvalue weighted by atomic mass is 35.5. The Labute approximate surface area is 247 Å². The molecule has 0 bridgehead atoms. The number of amides is 1. The van der Waals surface area contributed by atoms with E-state index in [1.54, 1.807) is 25.1 Å². The summed E-state index contributed by atoms with van der Waals surface area (Å²) in [7, 11) is 0. The number of halogens is 3. The van der Waals surface area contributed by atoms with Crippen molar-refractivity contribution >= 4 is 35.1 Å². The predicted octanol–water partition coefficient (Wildman–Crippen LogP) is 4.56. The van der Waals surface area contributed by atoms with Crippen LogP contribution in [0.2, 0.25) is 5.02 Å². The zero-order valence-electron chi connectivity index (χ0n) is 23.4. The summed E-state index contributed by atoms with van der Waals surface area (Å²) in [6, 6.07) is 7.64. The molecule has 1 amide bonds. The molecule has 2 fully saturated rings. The number of morpholine rings is 1. The van der Waals surface area contributed by atoms with E-state index in [-0.39, 0.29) is 53.9 Å². The number of aliphatic carboxylic acids is 1. The Balaban J connectivity index is 1.43. The van der Waals surface area contributed by atoms with Gasteiger partial charge in [-0.2, -0.15) is 5.10 Å². The number of nitrogens with zero attached hydrogens (tertiary/aromatic N) is 4. The van der Waals surface area contributed by atoms with Crippen LogP contribution in [0.5, 0.6) is 0 Å². The summed E-state index contributed by atoms with van der Waals surface area (Å²) in [5.74, 6) is -2.75. The van der Waals surface area contributed by atoms with Crippen molar-refractivity contribution in [1.82, 2.24) is 25.0 Å². The van der Waals surface area contributed by atoms with Crippen LogP contribution in [0.25, 0.3) is 0 Å². The van der Waals surface area contributed by atoms with E-state index >= 15 is 4.39 Å². The number of carboxylic acid groups (broad SMARTS) is 1. The summed E-state index contributed by atoms with van der Waals surface area (Å²) < 4.78 is 35.7. The summed E-state index contributed by atoms with van der Waals surface area (Å²) in [5.41, 5.74) is 0.0216. The quantitative estimate of drug-likeness (QED) is 0.343. The summed E-state index contributed by atoms with van der Waals surface area (Å²) in [4.78, 5) is 34.2. The number of anilines is 2. The second-order valence-corrected chi connectivity index (χ2v) is 11.4. The number of pyridine rings is 1. The minimum absolute atomic E-state index is 0.0238. The number of aryl methyl sites for hydroxylation is 1. The highest BCUT2D eigenvalue weighted by Crippen LogP contribution is 2.40. The number of carboxylic acids is 1. The molecule has 42 heavy (non-hydrogen) atoms. The number of piperidine rings is 1. The molecule has 10 nitrogen and oxygen atoms in total. The second kappa shape index (κ2) is 12.3. The Hall–Kier alpha value is -3.61. The lowest BCUT2D eigenvalue weighted by atomic mass is 9.72. The molecule has 3 N–H and O–H groups in total. The third-order valence-electron chi connectivity index (χ3n) is 8.06. The van der Waals surface area contributed by atoms with Crippen LogP contribution in [-0.2, 0) is 22.5 Å². The Morgan fingerprint density at radius 3 is 2.64 bits per heavy atom. The van der Waals surface area contributed by atoms with Crippen molar-refractivity contribution in [2.75, 3.05) is 38.2 Å². The van der Waals surface area contributed by atoms with Crippen LogP contribution in [0, 0.1) is 24.0 Å². The number of carbonyl (C=O) groups excluding carboxylic acids is 1. The first-order valence-corrected chi connectivity index (χ1v) is 14.2. The highest BCUT2D eigenvalue weighted by Gasteiger charge is 2.45. The van der Waals surface area contributed by atoms with E-state index in [1.807, 2.05) is 11.8 Å². The number of aromatic nitrogens is 3. The average Bonchev–Trinajstić information content (AvgIpc) is 3.38. The Morgan fingerprint density at radius 1 is 1.21 bits per heavy atom. The highest BCUT2D eigenvalue weighted by molar-refractivity contribution is 6.30. The number of hydrogen-bond donors (Lipinski definition) is 3. The number of likely N-dealkylation sites (tertiary alicyclic amines) is 1. The van der Waals surface area contributed by atoms with Gasteiger partial charge in [-0.15, -0.1) is 0 Å². The molecule has 3 aromatic rings. The zero-order chi connectivity index (χ0) is 30.0. The summed E-state index contributed by atoms with van der Waals surface area (Å²) in [5, 5.41) is 20.2. The van der Waals surface area contributed by atoms with Crippen molar-refractivity contribution in [3.05, 3.63) is 69.5 Å². The molecule has 2 atom stereocenters. The summed E-state index contributed by atoms with van der Waals surface area (Å²) in [6.45, 7) is 5.68. The number of hydrogen-bond acceptors (Lipinski definition) is 7. The maximum atomic E-state index is 15.8. The fourth-order valence-corrected chi connectivity index (χ4v) is 5.92. The Bertz CT molecular complexity index is 1480. The van der Waals surface area contributed by atoms with Gasteiger partial charge in [0.15, 0.2) is 17.5 Å². The van der Waals surface area contributed by atoms with Crippen LogP contribution >= 0.6 is 11.6 Å². The van der Waals surface area contributed by atoms with Crippen LogP contribution in [0.3, 0.4) is 0 Å². The lowest BCUT2D eigenvalue weighted by Gasteiger charge is -2.43. The number of aromatic amines is 1. The van der Waals surface area contributed by atoms with E-state index in [2.05, 4.69) is 20.5 Å². The number of nitrogens with one attached hydrogen (secondary N) is 2. The molecule has 1 aromatic carbocycles. The fourth-order valence-electron chi connectivity index (χ4n) is 5.73. The van der Waals surface area contributed by atoms with Gasteiger partial charge in [-0.1, -0.05) is 23.7 Å². The van der Waals surface area contributed by atoms with Crippen molar-refractivity contribution in [2.45, 2.75) is 45.7 Å². The first-order chi connectivity index (χ1) is 20.1. The number of rotatable bonds is 8. The van der Waals surface area contributed by atoms with Crippen LogP contribution in [0.1, 0.15) is 47.1 Å². The van der Waals surface area contributed by atoms with Gasteiger partial charge >= 0.3 is 5.97 Å². The third-order valence-corrected chi connectivity index (χ3v) is 8.35. The fraction of sp³-hybridized carbons (Fsp3) is 0.448. The first-order valence-electron chi connectivity index (χ1n) is 13.8. The number of H-pyrrole nitrogens is 1. The van der Waals surface area contributed by atoms with Gasteiger partial charge < -0.3 is 20.1 Å². The molecule has 224 valence electrons. The van der Waals surface area contributed by atoms with Crippen molar-refractivity contribution in [3.63, 3.8) is 0 Å². The zero-order valence-corrected chi connectivity index (χ0v) is 24.2. The van der Waals surface area contributed by atoms with Crippen molar-refractivity contribution < 1.29 is 28.2 Å². The topological polar surface area (TPSA) is 124 Å². The molecule has 13 heteroatoms. The minimum atomic E-state index is -1.23. The van der Waals surface area contributed by atoms with E-state index in [4.69, 9.17) is 16.3 Å². The van der Waals surface area contributed by atoms with E-state index < -0.39 is 28.9 Å². The molecule has 4 heterocycles. The summed E-state index contributed by atoms with van der Waals surface area (Å²) >= 11 is 5.96. The van der Waals surface area contributed by atoms with Gasteiger partial charge in [0.05, 0.1) is 29.2 Å². The molecule has 2 aliphatic heterocycles. The van der Waals surface area contributed by atoms with Gasteiger partial charge in [-0.3, -0.25) is 19.6 Å². The lowest BCUT2D eigenvalue weighted by molar-refractivity contribution is -0.153. The molecule has 5 rings (SSSR count). The maximum Gasteiger partial charge on any atom is 0.310 e. The van der Waals surface area contributed by atoms with Gasteiger partial charge in [-0.05, 0) is 45.4 Å². The van der Waals surface area contributed by atoms with Crippen molar-refractivity contribution in [3.8, 4) is 0 Å². The van der Waals surface area contributed by atoms with Crippen LogP contribution in [0.4, 0.5) is 20.4 Å². The minimum Gasteiger partial charge on any atom is -0.481 e. The van der Waals surface area contributed by atoms with Gasteiger partial charge in [-0.25, -0.2) is 13.8 Å². The van der Waals surface area contributed by atoms with Gasteiger partial charge in [0.2, 0.25) is 0 Å². The maximum absolute atomic E-state index is 15.8. The Kier molecular flexibility index (Phi) is 8.76. The standard InChI is InChI=1S/C29H33ClF2N6O4/c1-17-12-23(36-35-17)34-26-25(32)21(27(39)37-8-10-42-11-9-37)13-20(33-26)15-29(28(40)41)6-7-38(18(2)14-29)16-19-4-3-5-22(30)24(19)31/h3-5,12-13,18H,6-11,14-16H2,1-2H3,(H,40,41)(H2,33,34,35,36)/t18-,29-/m1/s1. The van der Waals surface area contributed by atoms with E-state index in [0.29, 0.717) is 44.2 Å². The van der Waals surface area contributed by atoms with Crippen LogP contribution in [-0.4, -0.2) is 80.9 Å². The predicted molar refractivity (Wildman–Crippen MR) is 152 cm³/mol. The van der Waals surface area contributed by atoms with Gasteiger partial charge in [0.25, 0.3) is 5.91 Å². The second-order valence-electron chi connectivity index (χ2n) is 11.0. The lowest BCUT2D eigenvalue weighted by Crippen LogP contribution is -2.49. The molecule has 2 saturated heterocycles. The van der Waals surface area contributed by atoms with Crippen molar-refractivity contribution in [2.24, 2.45) is 5.41 Å². The van der Waals surface area contributed by atoms with E-state index in [9.17, 15) is 19.1 Å².